The van der Waals surface area contributed by atoms with Gasteiger partial charge in [0.15, 0.2) is 0 Å². The first-order valence-electron chi connectivity index (χ1n) is 6.10. The molecule has 1 fully saturated rings. The highest BCUT2D eigenvalue weighted by molar-refractivity contribution is 8.31. The molecule has 0 spiro atoms. The highest BCUT2D eigenvalue weighted by atomic mass is 32.3. The Morgan fingerprint density at radius 1 is 0.765 bits per heavy atom. The number of urea groups is 1. The zero-order chi connectivity index (χ0) is 13.3. The second kappa shape index (κ2) is 5.31. The monoisotopic (exact) mass is 280 g/mol. The summed E-state index contributed by atoms with van der Waals surface area (Å²) in [5, 5.41) is 0. The number of nitrogens with zero attached hydrogens (tertiary/aromatic N) is 2. The van der Waals surface area contributed by atoms with Crippen molar-refractivity contribution >= 4 is 26.5 Å². The fraction of sp³-hybridized carbons (Fsp3) is 0.917. The summed E-state index contributed by atoms with van der Waals surface area (Å²) in [6, 6.07) is 0.273. The van der Waals surface area contributed by atoms with E-state index in [9.17, 15) is 4.79 Å². The van der Waals surface area contributed by atoms with Crippen LogP contribution in [0.2, 0.25) is 0 Å². The molecule has 104 valence electrons. The van der Waals surface area contributed by atoms with E-state index in [0.717, 1.165) is 25.9 Å². The van der Waals surface area contributed by atoms with Crippen molar-refractivity contribution in [1.29, 1.82) is 0 Å². The Morgan fingerprint density at radius 3 is 1.41 bits per heavy atom. The maximum atomic E-state index is 12.7. The fourth-order valence-corrected chi connectivity index (χ4v) is 4.56. The molecule has 5 heteroatoms. The van der Waals surface area contributed by atoms with Crippen LogP contribution in [0.4, 0.5) is 4.79 Å². The molecular weight excluding hydrogens is 252 g/mol. The van der Waals surface area contributed by atoms with Crippen LogP contribution in [0.1, 0.15) is 19.3 Å². The van der Waals surface area contributed by atoms with E-state index < -0.39 is 20.4 Å². The molecule has 1 saturated heterocycles. The highest BCUT2D eigenvalue weighted by Gasteiger charge is 2.32. The number of carbonyl (C=O) groups excluding carboxylic acids is 1. The van der Waals surface area contributed by atoms with Crippen molar-refractivity contribution in [3.05, 3.63) is 0 Å². The summed E-state index contributed by atoms with van der Waals surface area (Å²) < 4.78 is 4.26. The average molecular weight is 281 g/mol. The Labute approximate surface area is 110 Å². The molecule has 1 rings (SSSR count). The third-order valence-corrected chi connectivity index (χ3v) is 6.29. The standard InChI is InChI=1S/C12H28N2OS2/c1-16(2,3)13-10-8-7-9-11-14(12(13)15)17(4,5)6/h7-11H2,1-6H3. The van der Waals surface area contributed by atoms with Gasteiger partial charge in [0.05, 0.1) is 0 Å². The molecule has 3 nitrogen and oxygen atoms in total. The van der Waals surface area contributed by atoms with Crippen LogP contribution in [-0.2, 0) is 0 Å². The largest absolute Gasteiger partial charge is 0.337 e. The molecule has 17 heavy (non-hydrogen) atoms. The van der Waals surface area contributed by atoms with Crippen LogP contribution >= 0.6 is 20.4 Å². The zero-order valence-corrected chi connectivity index (χ0v) is 13.8. The molecule has 0 atom stereocenters. The van der Waals surface area contributed by atoms with Crippen LogP contribution in [-0.4, -0.2) is 65.3 Å². The highest BCUT2D eigenvalue weighted by Crippen LogP contribution is 2.47. The maximum absolute atomic E-state index is 12.7. The summed E-state index contributed by atoms with van der Waals surface area (Å²) in [6.07, 6.45) is 16.8. The smallest absolute Gasteiger partial charge is 0.287 e. The fourth-order valence-electron chi connectivity index (χ4n) is 2.02. The van der Waals surface area contributed by atoms with Gasteiger partial charge in [-0.05, 0) is 56.8 Å². The predicted molar refractivity (Wildman–Crippen MR) is 83.4 cm³/mol. The van der Waals surface area contributed by atoms with E-state index in [1.165, 1.54) is 6.42 Å². The Bertz CT molecular complexity index is 255. The van der Waals surface area contributed by atoms with Crippen LogP contribution in [0.3, 0.4) is 0 Å². The molecule has 0 aliphatic carbocycles. The van der Waals surface area contributed by atoms with Crippen molar-refractivity contribution in [2.75, 3.05) is 50.6 Å². The van der Waals surface area contributed by atoms with Gasteiger partial charge in [-0.1, -0.05) is 0 Å². The van der Waals surface area contributed by atoms with Gasteiger partial charge >= 0.3 is 6.03 Å². The quantitative estimate of drug-likeness (QED) is 0.762. The van der Waals surface area contributed by atoms with Gasteiger partial charge in [0.25, 0.3) is 0 Å². The van der Waals surface area contributed by atoms with Crippen LogP contribution in [0.15, 0.2) is 0 Å². The number of rotatable bonds is 2. The van der Waals surface area contributed by atoms with Crippen molar-refractivity contribution in [1.82, 2.24) is 8.61 Å². The van der Waals surface area contributed by atoms with E-state index in [0.29, 0.717) is 0 Å². The van der Waals surface area contributed by atoms with Crippen LogP contribution in [0.25, 0.3) is 0 Å². The molecule has 0 aromatic carbocycles. The van der Waals surface area contributed by atoms with Crippen LogP contribution < -0.4 is 0 Å². The van der Waals surface area contributed by atoms with Gasteiger partial charge in [-0.3, -0.25) is 8.61 Å². The summed E-state index contributed by atoms with van der Waals surface area (Å²) in [5.74, 6) is 0. The van der Waals surface area contributed by atoms with Crippen molar-refractivity contribution in [2.24, 2.45) is 0 Å². The lowest BCUT2D eigenvalue weighted by Gasteiger charge is -2.49. The Kier molecular flexibility index (Phi) is 4.69. The minimum Gasteiger partial charge on any atom is -0.287 e. The van der Waals surface area contributed by atoms with Gasteiger partial charge in [-0.15, -0.1) is 0 Å². The van der Waals surface area contributed by atoms with Gasteiger partial charge in [0.1, 0.15) is 0 Å². The molecule has 2 amide bonds. The number of carbonyl (C=O) groups is 1. The molecule has 1 aliphatic heterocycles. The number of hydrogen-bond acceptors (Lipinski definition) is 1. The summed E-state index contributed by atoms with van der Waals surface area (Å²) in [7, 11) is -1.90. The van der Waals surface area contributed by atoms with Crippen molar-refractivity contribution in [3.8, 4) is 0 Å². The van der Waals surface area contributed by atoms with Gasteiger partial charge in [0, 0.05) is 13.1 Å². The molecule has 0 radical (unpaired) electrons. The Hall–Kier alpha value is -0.0300. The molecule has 0 unspecified atom stereocenters. The lowest BCUT2D eigenvalue weighted by molar-refractivity contribution is 0.203. The SMILES string of the molecule is CS(C)(C)N1CCCCCN(S(C)(C)C)C1=O. The molecule has 0 saturated carbocycles. The van der Waals surface area contributed by atoms with Crippen LogP contribution in [0.5, 0.6) is 0 Å². The van der Waals surface area contributed by atoms with Gasteiger partial charge in [-0.25, -0.2) is 4.79 Å². The van der Waals surface area contributed by atoms with E-state index >= 15 is 0 Å². The van der Waals surface area contributed by atoms with Gasteiger partial charge in [-0.2, -0.15) is 20.4 Å². The minimum absolute atomic E-state index is 0.273. The second-order valence-electron chi connectivity index (χ2n) is 6.09. The summed E-state index contributed by atoms with van der Waals surface area (Å²) in [6.45, 7) is 1.87. The van der Waals surface area contributed by atoms with Gasteiger partial charge in [0.2, 0.25) is 0 Å². The summed E-state index contributed by atoms with van der Waals surface area (Å²) in [5.41, 5.74) is 0. The second-order valence-corrected chi connectivity index (χ2v) is 14.1. The summed E-state index contributed by atoms with van der Waals surface area (Å²) >= 11 is 0. The third kappa shape index (κ3) is 3.98. The minimum atomic E-state index is -0.952. The molecule has 0 bridgehead atoms. The summed E-state index contributed by atoms with van der Waals surface area (Å²) in [4.78, 5) is 12.7. The van der Waals surface area contributed by atoms with Gasteiger partial charge < -0.3 is 0 Å². The average Bonchev–Trinajstić information content (AvgIpc) is 2.07. The normalized spacial score (nSPS) is 22.1. The first-order chi connectivity index (χ1) is 7.64. The first kappa shape index (κ1) is 15.0. The van der Waals surface area contributed by atoms with E-state index in [-0.39, 0.29) is 6.03 Å². The van der Waals surface area contributed by atoms with Crippen LogP contribution in [0, 0.1) is 0 Å². The number of amides is 2. The molecule has 1 heterocycles. The van der Waals surface area contributed by atoms with E-state index in [1.54, 1.807) is 0 Å². The van der Waals surface area contributed by atoms with E-state index in [2.05, 4.69) is 46.1 Å². The number of hydrogen-bond donors (Lipinski definition) is 0. The lowest BCUT2D eigenvalue weighted by atomic mass is 10.2. The zero-order valence-electron chi connectivity index (χ0n) is 12.2. The van der Waals surface area contributed by atoms with E-state index in [1.807, 2.05) is 0 Å². The van der Waals surface area contributed by atoms with Crippen molar-refractivity contribution < 1.29 is 4.79 Å². The molecular formula is C12H28N2OS2. The molecule has 0 aromatic rings. The first-order valence-corrected chi connectivity index (χ1v) is 11.7. The maximum Gasteiger partial charge on any atom is 0.337 e. The van der Waals surface area contributed by atoms with Crippen molar-refractivity contribution in [3.63, 3.8) is 0 Å². The Balaban J connectivity index is 2.95. The molecule has 0 N–H and O–H groups in total. The topological polar surface area (TPSA) is 23.6 Å². The third-order valence-electron chi connectivity index (χ3n) is 2.97. The predicted octanol–water partition coefficient (Wildman–Crippen LogP) is 3.11. The molecule has 0 aromatic heterocycles. The lowest BCUT2D eigenvalue weighted by Crippen LogP contribution is -2.46. The molecule has 1 aliphatic rings. The van der Waals surface area contributed by atoms with Crippen molar-refractivity contribution in [2.45, 2.75) is 19.3 Å². The Morgan fingerprint density at radius 2 is 1.12 bits per heavy atom. The van der Waals surface area contributed by atoms with E-state index in [4.69, 9.17) is 0 Å².